The molecule has 23 heteroatoms. The molecule has 0 atom stereocenters. The van der Waals surface area contributed by atoms with Crippen LogP contribution in [0.25, 0.3) is 0 Å². The van der Waals surface area contributed by atoms with E-state index in [4.69, 9.17) is 104 Å². The molecular formula is C49H98O23. The Labute approximate surface area is 431 Å². The molecule has 0 fully saturated rings. The molecule has 0 aliphatic carbocycles. The van der Waals surface area contributed by atoms with Gasteiger partial charge >= 0.3 is 0 Å². The standard InChI is InChI=1S/C49H98O23/c1-3-5-51-7-9-53-11-13-55-15-17-57-19-21-59-23-25-61-27-29-63-31-33-65-35-37-67-39-41-69-43-45-71-47-48-72-46-44-70-42-40-68-38-36-66-34-32-64-30-28-62-26-24-60-22-20-58-18-16-56-14-12-54-10-8-52-6-4-49(2)50/h3-48H2,1-2H3. The van der Waals surface area contributed by atoms with Gasteiger partial charge in [0.2, 0.25) is 0 Å². The normalized spacial score (nSPS) is 11.7. The highest BCUT2D eigenvalue weighted by molar-refractivity contribution is 5.75. The summed E-state index contributed by atoms with van der Waals surface area (Å²) < 4.78 is 120. The average molecular weight is 1060 g/mol. The number of ether oxygens (including phenoxy) is 22. The first kappa shape index (κ1) is 70.8. The van der Waals surface area contributed by atoms with Gasteiger partial charge in [-0.05, 0) is 13.3 Å². The van der Waals surface area contributed by atoms with Crippen molar-refractivity contribution in [2.24, 2.45) is 0 Å². The van der Waals surface area contributed by atoms with Crippen LogP contribution in [0.2, 0.25) is 0 Å². The van der Waals surface area contributed by atoms with Crippen LogP contribution in [-0.2, 0) is 109 Å². The molecule has 23 nitrogen and oxygen atoms in total. The van der Waals surface area contributed by atoms with Crippen molar-refractivity contribution in [2.45, 2.75) is 26.7 Å². The highest BCUT2D eigenvalue weighted by atomic mass is 16.6. The van der Waals surface area contributed by atoms with Crippen LogP contribution in [0.4, 0.5) is 0 Å². The van der Waals surface area contributed by atoms with E-state index in [1.165, 1.54) is 0 Å². The summed E-state index contributed by atoms with van der Waals surface area (Å²) in [6.07, 6.45) is 1.45. The van der Waals surface area contributed by atoms with Gasteiger partial charge in [-0.2, -0.15) is 0 Å². The van der Waals surface area contributed by atoms with Crippen molar-refractivity contribution >= 4 is 5.78 Å². The maximum atomic E-state index is 10.8. The Morgan fingerprint density at radius 2 is 0.278 bits per heavy atom. The molecule has 0 spiro atoms. The van der Waals surface area contributed by atoms with Crippen LogP contribution in [0.5, 0.6) is 0 Å². The van der Waals surface area contributed by atoms with E-state index in [9.17, 15) is 4.79 Å². The van der Waals surface area contributed by atoms with Crippen LogP contribution in [0.3, 0.4) is 0 Å². The summed E-state index contributed by atoms with van der Waals surface area (Å²) in [5.41, 5.74) is 0. The highest BCUT2D eigenvalue weighted by Gasteiger charge is 2.00. The van der Waals surface area contributed by atoms with E-state index in [0.717, 1.165) is 13.0 Å². The molecular weight excluding hydrogens is 957 g/mol. The monoisotopic (exact) mass is 1050 g/mol. The molecule has 0 aromatic heterocycles. The van der Waals surface area contributed by atoms with Gasteiger partial charge in [0, 0.05) is 13.0 Å². The molecule has 0 aliphatic rings. The molecule has 0 bridgehead atoms. The number of hydrogen-bond acceptors (Lipinski definition) is 23. The van der Waals surface area contributed by atoms with Gasteiger partial charge < -0.3 is 104 Å². The van der Waals surface area contributed by atoms with Crippen LogP contribution >= 0.6 is 0 Å². The Morgan fingerprint density at radius 3 is 0.375 bits per heavy atom. The summed E-state index contributed by atoms with van der Waals surface area (Å²) in [6.45, 7) is 25.9. The molecule has 432 valence electrons. The molecule has 0 amide bonds. The highest BCUT2D eigenvalue weighted by Crippen LogP contribution is 1.91. The van der Waals surface area contributed by atoms with Gasteiger partial charge in [0.05, 0.1) is 284 Å². The SMILES string of the molecule is CCCOCCOCCOCCOCCOCCOCCOCCOCCOCCOCCOCCOCCOCCOCCOCCOCCOCCOCCOCCOCCOCCOCCC(C)=O. The summed E-state index contributed by atoms with van der Waals surface area (Å²) in [4.78, 5) is 10.8. The zero-order chi connectivity index (χ0) is 51.7. The zero-order valence-corrected chi connectivity index (χ0v) is 44.4. The zero-order valence-electron chi connectivity index (χ0n) is 44.4. The van der Waals surface area contributed by atoms with E-state index in [0.29, 0.717) is 291 Å². The maximum Gasteiger partial charge on any atom is 0.132 e. The number of ketones is 1. The molecule has 0 rings (SSSR count). The lowest BCUT2D eigenvalue weighted by Gasteiger charge is -2.09. The summed E-state index contributed by atoms with van der Waals surface area (Å²) in [6, 6.07) is 0. The van der Waals surface area contributed by atoms with Gasteiger partial charge in [0.25, 0.3) is 0 Å². The lowest BCUT2D eigenvalue weighted by Crippen LogP contribution is -2.16. The second-order valence-corrected chi connectivity index (χ2v) is 14.9. The second kappa shape index (κ2) is 67.8. The molecule has 72 heavy (non-hydrogen) atoms. The van der Waals surface area contributed by atoms with Gasteiger partial charge in [0.1, 0.15) is 5.78 Å². The van der Waals surface area contributed by atoms with Crippen molar-refractivity contribution in [3.05, 3.63) is 0 Å². The minimum atomic E-state index is 0.121. The molecule has 0 radical (unpaired) electrons. The van der Waals surface area contributed by atoms with E-state index in [-0.39, 0.29) is 5.78 Å². The van der Waals surface area contributed by atoms with Crippen LogP contribution in [0, 0.1) is 0 Å². The molecule has 0 aromatic rings. The largest absolute Gasteiger partial charge is 0.379 e. The Bertz CT molecular complexity index is 980. The Balaban J connectivity index is 3.07. The van der Waals surface area contributed by atoms with Crippen LogP contribution < -0.4 is 0 Å². The Hall–Kier alpha value is -1.21. The number of hydrogen-bond donors (Lipinski definition) is 0. The van der Waals surface area contributed by atoms with Gasteiger partial charge in [-0.1, -0.05) is 6.92 Å². The third kappa shape index (κ3) is 68.8. The smallest absolute Gasteiger partial charge is 0.132 e. The van der Waals surface area contributed by atoms with Crippen molar-refractivity contribution in [2.75, 3.05) is 291 Å². The number of carbonyl (C=O) groups is 1. The van der Waals surface area contributed by atoms with Crippen LogP contribution in [0.15, 0.2) is 0 Å². The molecule has 0 N–H and O–H groups in total. The number of Topliss-reactive ketones (excluding diaryl/α,β-unsaturated/α-hetero) is 1. The van der Waals surface area contributed by atoms with Crippen molar-refractivity contribution < 1.29 is 109 Å². The summed E-state index contributed by atoms with van der Waals surface area (Å²) in [5.74, 6) is 0.121. The van der Waals surface area contributed by atoms with E-state index < -0.39 is 0 Å². The van der Waals surface area contributed by atoms with Crippen LogP contribution in [-0.4, -0.2) is 296 Å². The van der Waals surface area contributed by atoms with E-state index in [1.54, 1.807) is 6.92 Å². The van der Waals surface area contributed by atoms with Crippen molar-refractivity contribution in [1.29, 1.82) is 0 Å². The second-order valence-electron chi connectivity index (χ2n) is 14.9. The third-order valence-corrected chi connectivity index (χ3v) is 8.76. The minimum absolute atomic E-state index is 0.121. The maximum absolute atomic E-state index is 10.8. The molecule has 0 saturated heterocycles. The predicted molar refractivity (Wildman–Crippen MR) is 264 cm³/mol. The van der Waals surface area contributed by atoms with E-state index >= 15 is 0 Å². The lowest BCUT2D eigenvalue weighted by atomic mass is 10.3. The molecule has 0 heterocycles. The quantitative estimate of drug-likeness (QED) is 0.0792. The fourth-order valence-corrected chi connectivity index (χ4v) is 5.08. The third-order valence-electron chi connectivity index (χ3n) is 8.76. The summed E-state index contributed by atoms with van der Waals surface area (Å²) in [7, 11) is 0. The van der Waals surface area contributed by atoms with Gasteiger partial charge in [-0.25, -0.2) is 0 Å². The first-order valence-corrected chi connectivity index (χ1v) is 26.0. The van der Waals surface area contributed by atoms with Gasteiger partial charge in [-0.15, -0.1) is 0 Å². The first-order valence-electron chi connectivity index (χ1n) is 26.0. The lowest BCUT2D eigenvalue weighted by molar-refractivity contribution is -0.118. The summed E-state index contributed by atoms with van der Waals surface area (Å²) >= 11 is 0. The summed E-state index contributed by atoms with van der Waals surface area (Å²) in [5, 5.41) is 0. The topological polar surface area (TPSA) is 220 Å². The number of rotatable bonds is 68. The predicted octanol–water partition coefficient (Wildman–Crippen LogP) is 1.74. The Morgan fingerprint density at radius 1 is 0.181 bits per heavy atom. The average Bonchev–Trinajstić information content (AvgIpc) is 3.38. The van der Waals surface area contributed by atoms with E-state index in [1.807, 2.05) is 0 Å². The molecule has 0 unspecified atom stereocenters. The fraction of sp³-hybridized carbons (Fsp3) is 0.980. The van der Waals surface area contributed by atoms with Crippen LogP contribution in [0.1, 0.15) is 26.7 Å². The van der Waals surface area contributed by atoms with Gasteiger partial charge in [-0.3, -0.25) is 4.79 Å². The van der Waals surface area contributed by atoms with Crippen molar-refractivity contribution in [3.8, 4) is 0 Å². The molecule has 0 aromatic carbocycles. The minimum Gasteiger partial charge on any atom is -0.379 e. The fourth-order valence-electron chi connectivity index (χ4n) is 5.08. The molecule has 0 saturated carbocycles. The van der Waals surface area contributed by atoms with Crippen molar-refractivity contribution in [1.82, 2.24) is 0 Å². The Kier molecular flexibility index (Phi) is 66.7. The van der Waals surface area contributed by atoms with Gasteiger partial charge in [0.15, 0.2) is 0 Å². The molecule has 0 aliphatic heterocycles. The van der Waals surface area contributed by atoms with E-state index in [2.05, 4.69) is 6.92 Å². The van der Waals surface area contributed by atoms with Crippen molar-refractivity contribution in [3.63, 3.8) is 0 Å². The number of carbonyl (C=O) groups excluding carboxylic acids is 1. The first-order chi connectivity index (χ1) is 35.8.